The van der Waals surface area contributed by atoms with Gasteiger partial charge in [0.1, 0.15) is 0 Å². The van der Waals surface area contributed by atoms with Crippen LogP contribution < -0.4 is 9.62 Å². The van der Waals surface area contributed by atoms with Gasteiger partial charge in [-0.2, -0.15) is 0 Å². The lowest BCUT2D eigenvalue weighted by molar-refractivity contribution is -0.121. The standard InChI is InChI=1S/C18H16N2O5S/c1-12(21)13-2-4-14(5-3-13)19-26(24,25)16-8-6-15(7-9-16)20-17(22)10-11-18(20)23/h2-9,19H,10-11H2,1H3. The lowest BCUT2D eigenvalue weighted by atomic mass is 10.1. The largest absolute Gasteiger partial charge is 0.295 e. The predicted molar refractivity (Wildman–Crippen MR) is 95.4 cm³/mol. The van der Waals surface area contributed by atoms with Gasteiger partial charge in [0.2, 0.25) is 11.8 Å². The second kappa shape index (κ2) is 6.72. The molecule has 0 unspecified atom stereocenters. The molecule has 26 heavy (non-hydrogen) atoms. The van der Waals surface area contributed by atoms with Crippen LogP contribution in [0.2, 0.25) is 0 Å². The molecule has 7 nitrogen and oxygen atoms in total. The van der Waals surface area contributed by atoms with Crippen LogP contribution in [-0.4, -0.2) is 26.0 Å². The quantitative estimate of drug-likeness (QED) is 0.641. The first kappa shape index (κ1) is 17.8. The minimum Gasteiger partial charge on any atom is -0.295 e. The Bertz CT molecular complexity index is 963. The van der Waals surface area contributed by atoms with Crippen molar-refractivity contribution in [3.05, 3.63) is 54.1 Å². The Hall–Kier alpha value is -3.00. The molecule has 1 heterocycles. The van der Waals surface area contributed by atoms with Gasteiger partial charge in [0.15, 0.2) is 5.78 Å². The normalized spacial score (nSPS) is 14.6. The number of rotatable bonds is 5. The maximum Gasteiger partial charge on any atom is 0.261 e. The molecule has 1 fully saturated rings. The first-order chi connectivity index (χ1) is 12.3. The summed E-state index contributed by atoms with van der Waals surface area (Å²) in [5.74, 6) is -0.704. The molecule has 0 aliphatic carbocycles. The summed E-state index contributed by atoms with van der Waals surface area (Å²) in [7, 11) is -3.84. The molecule has 8 heteroatoms. The van der Waals surface area contributed by atoms with E-state index < -0.39 is 10.0 Å². The molecule has 2 aromatic carbocycles. The summed E-state index contributed by atoms with van der Waals surface area (Å²) >= 11 is 0. The van der Waals surface area contributed by atoms with E-state index in [9.17, 15) is 22.8 Å². The molecule has 0 aromatic heterocycles. The summed E-state index contributed by atoms with van der Waals surface area (Å²) in [6, 6.07) is 11.6. The van der Waals surface area contributed by atoms with Crippen LogP contribution in [0.5, 0.6) is 0 Å². The maximum atomic E-state index is 12.5. The lowest BCUT2D eigenvalue weighted by Crippen LogP contribution is -2.28. The number of hydrogen-bond acceptors (Lipinski definition) is 5. The van der Waals surface area contributed by atoms with E-state index in [-0.39, 0.29) is 35.3 Å². The highest BCUT2D eigenvalue weighted by atomic mass is 32.2. The number of benzene rings is 2. The third kappa shape index (κ3) is 3.50. The minimum atomic E-state index is -3.84. The van der Waals surface area contributed by atoms with E-state index >= 15 is 0 Å². The number of amides is 2. The van der Waals surface area contributed by atoms with Gasteiger partial charge in [0.25, 0.3) is 10.0 Å². The number of anilines is 2. The van der Waals surface area contributed by atoms with Gasteiger partial charge in [-0.1, -0.05) is 0 Å². The van der Waals surface area contributed by atoms with Crippen LogP contribution in [0, 0.1) is 0 Å². The molecule has 2 aromatic rings. The summed E-state index contributed by atoms with van der Waals surface area (Å²) in [5.41, 5.74) is 1.16. The second-order valence-corrected chi connectivity index (χ2v) is 7.54. The van der Waals surface area contributed by atoms with Crippen LogP contribution in [0.25, 0.3) is 0 Å². The van der Waals surface area contributed by atoms with Crippen molar-refractivity contribution >= 4 is 39.0 Å². The molecule has 134 valence electrons. The molecule has 2 amide bonds. The average Bonchev–Trinajstić information content (AvgIpc) is 2.94. The van der Waals surface area contributed by atoms with Crippen LogP contribution >= 0.6 is 0 Å². The molecular weight excluding hydrogens is 356 g/mol. The molecule has 0 bridgehead atoms. The monoisotopic (exact) mass is 372 g/mol. The number of carbonyl (C=O) groups is 3. The Morgan fingerprint density at radius 2 is 1.46 bits per heavy atom. The fourth-order valence-electron chi connectivity index (χ4n) is 2.63. The van der Waals surface area contributed by atoms with Crippen molar-refractivity contribution in [2.24, 2.45) is 0 Å². The molecule has 0 radical (unpaired) electrons. The van der Waals surface area contributed by atoms with E-state index in [1.807, 2.05) is 0 Å². The third-order valence-electron chi connectivity index (χ3n) is 4.00. The molecule has 1 N–H and O–H groups in total. The van der Waals surface area contributed by atoms with Gasteiger partial charge in [-0.25, -0.2) is 8.42 Å². The van der Waals surface area contributed by atoms with Crippen molar-refractivity contribution in [2.75, 3.05) is 9.62 Å². The highest BCUT2D eigenvalue weighted by Crippen LogP contribution is 2.25. The van der Waals surface area contributed by atoms with Crippen molar-refractivity contribution in [2.45, 2.75) is 24.7 Å². The number of nitrogens with one attached hydrogen (secondary N) is 1. The Labute approximate surface area is 150 Å². The lowest BCUT2D eigenvalue weighted by Gasteiger charge is -2.14. The van der Waals surface area contributed by atoms with E-state index in [1.54, 1.807) is 0 Å². The minimum absolute atomic E-state index is 0.00371. The van der Waals surface area contributed by atoms with E-state index in [4.69, 9.17) is 0 Å². The van der Waals surface area contributed by atoms with Crippen molar-refractivity contribution in [1.82, 2.24) is 0 Å². The van der Waals surface area contributed by atoms with Gasteiger partial charge in [-0.05, 0) is 55.5 Å². The first-order valence-corrected chi connectivity index (χ1v) is 9.36. The summed E-state index contributed by atoms with van der Waals surface area (Å²) < 4.78 is 27.3. The second-order valence-electron chi connectivity index (χ2n) is 5.86. The van der Waals surface area contributed by atoms with Gasteiger partial charge >= 0.3 is 0 Å². The van der Waals surface area contributed by atoms with Crippen molar-refractivity contribution in [3.8, 4) is 0 Å². The van der Waals surface area contributed by atoms with Crippen LogP contribution in [0.3, 0.4) is 0 Å². The van der Waals surface area contributed by atoms with Crippen molar-refractivity contribution < 1.29 is 22.8 Å². The number of ketones is 1. The maximum absolute atomic E-state index is 12.5. The number of hydrogen-bond donors (Lipinski definition) is 1. The topological polar surface area (TPSA) is 101 Å². The molecule has 0 atom stereocenters. The zero-order valence-electron chi connectivity index (χ0n) is 13.9. The smallest absolute Gasteiger partial charge is 0.261 e. The van der Waals surface area contributed by atoms with Crippen molar-refractivity contribution in [1.29, 1.82) is 0 Å². The van der Waals surface area contributed by atoms with Gasteiger partial charge in [0.05, 0.1) is 10.6 Å². The summed E-state index contributed by atoms with van der Waals surface area (Å²) in [6.07, 6.45) is 0.327. The fraction of sp³-hybridized carbons (Fsp3) is 0.167. The number of carbonyl (C=O) groups excluding carboxylic acids is 3. The fourth-order valence-corrected chi connectivity index (χ4v) is 3.68. The van der Waals surface area contributed by atoms with E-state index in [0.717, 1.165) is 4.90 Å². The number of sulfonamides is 1. The Balaban J connectivity index is 1.80. The predicted octanol–water partition coefficient (Wildman–Crippen LogP) is 2.34. The number of Topliss-reactive ketones (excluding diaryl/α,β-unsaturated/α-hetero) is 1. The van der Waals surface area contributed by atoms with Gasteiger partial charge in [-0.3, -0.25) is 24.0 Å². The Morgan fingerprint density at radius 3 is 1.96 bits per heavy atom. The van der Waals surface area contributed by atoms with E-state index in [1.165, 1.54) is 55.5 Å². The molecule has 3 rings (SSSR count). The van der Waals surface area contributed by atoms with Crippen LogP contribution in [0.15, 0.2) is 53.4 Å². The van der Waals surface area contributed by atoms with Gasteiger partial charge in [-0.15, -0.1) is 0 Å². The Morgan fingerprint density at radius 1 is 0.923 bits per heavy atom. The van der Waals surface area contributed by atoms with Crippen LogP contribution in [-0.2, 0) is 19.6 Å². The first-order valence-electron chi connectivity index (χ1n) is 7.87. The molecule has 0 spiro atoms. The molecule has 1 aliphatic rings. The summed E-state index contributed by atoms with van der Waals surface area (Å²) in [6.45, 7) is 1.43. The average molecular weight is 372 g/mol. The highest BCUT2D eigenvalue weighted by Gasteiger charge is 2.30. The van der Waals surface area contributed by atoms with E-state index in [2.05, 4.69) is 4.72 Å². The van der Waals surface area contributed by atoms with E-state index in [0.29, 0.717) is 16.9 Å². The van der Waals surface area contributed by atoms with Crippen LogP contribution in [0.4, 0.5) is 11.4 Å². The molecular formula is C18H16N2O5S. The number of nitrogens with zero attached hydrogens (tertiary/aromatic N) is 1. The zero-order valence-corrected chi connectivity index (χ0v) is 14.7. The van der Waals surface area contributed by atoms with Crippen LogP contribution in [0.1, 0.15) is 30.1 Å². The number of imide groups is 1. The highest BCUT2D eigenvalue weighted by molar-refractivity contribution is 7.92. The van der Waals surface area contributed by atoms with Gasteiger partial charge in [0, 0.05) is 24.1 Å². The summed E-state index contributed by atoms with van der Waals surface area (Å²) in [5, 5.41) is 0. The molecule has 1 saturated heterocycles. The third-order valence-corrected chi connectivity index (χ3v) is 5.40. The molecule has 1 aliphatic heterocycles. The molecule has 0 saturated carbocycles. The SMILES string of the molecule is CC(=O)c1ccc(NS(=O)(=O)c2ccc(N3C(=O)CCC3=O)cc2)cc1. The summed E-state index contributed by atoms with van der Waals surface area (Å²) in [4.78, 5) is 35.8. The zero-order chi connectivity index (χ0) is 18.9. The van der Waals surface area contributed by atoms with Crippen molar-refractivity contribution in [3.63, 3.8) is 0 Å². The van der Waals surface area contributed by atoms with Gasteiger partial charge < -0.3 is 0 Å². The Kier molecular flexibility index (Phi) is 4.60.